The van der Waals surface area contributed by atoms with Crippen molar-refractivity contribution in [1.29, 1.82) is 0 Å². The number of nitrogens with two attached hydrogens (primary N) is 1. The van der Waals surface area contributed by atoms with Crippen LogP contribution in [0, 0.1) is 0 Å². The molecule has 2 rings (SSSR count). The van der Waals surface area contributed by atoms with Gasteiger partial charge in [0.05, 0.1) is 16.6 Å². The molecule has 0 saturated carbocycles. The summed E-state index contributed by atoms with van der Waals surface area (Å²) in [6.07, 6.45) is 3.90. The van der Waals surface area contributed by atoms with Gasteiger partial charge in [0.2, 0.25) is 0 Å². The van der Waals surface area contributed by atoms with E-state index in [9.17, 15) is 0 Å². The van der Waals surface area contributed by atoms with Crippen molar-refractivity contribution in [2.24, 2.45) is 12.8 Å². The summed E-state index contributed by atoms with van der Waals surface area (Å²) in [5.74, 6) is 0. The largest absolute Gasteiger partial charge is 0.326 e. The van der Waals surface area contributed by atoms with Crippen molar-refractivity contribution in [2.45, 2.75) is 25.6 Å². The van der Waals surface area contributed by atoms with Crippen LogP contribution in [0.25, 0.3) is 0 Å². The van der Waals surface area contributed by atoms with E-state index in [4.69, 9.17) is 17.3 Å². The van der Waals surface area contributed by atoms with Crippen LogP contribution in [-0.4, -0.2) is 27.8 Å². The number of rotatable bonds is 5. The molecule has 0 aromatic carbocycles. The molecule has 0 bridgehead atoms. The van der Waals surface area contributed by atoms with Gasteiger partial charge in [-0.15, -0.1) is 11.3 Å². The molecule has 6 heteroatoms. The summed E-state index contributed by atoms with van der Waals surface area (Å²) < 4.78 is 2.63. The third-order valence-corrected chi connectivity index (χ3v) is 4.29. The van der Waals surface area contributed by atoms with Crippen LogP contribution >= 0.6 is 22.9 Å². The standard InChI is InChI=1S/C13H19ClN4S/c1-9(15)13(10-6-16-18(3)7-10)17(2)8-11-4-5-12(14)19-11/h4-7,9,13H,8,15H2,1-3H3. The molecule has 104 valence electrons. The lowest BCUT2D eigenvalue weighted by Crippen LogP contribution is -2.36. The van der Waals surface area contributed by atoms with Crippen LogP contribution in [0.2, 0.25) is 4.34 Å². The predicted octanol–water partition coefficient (Wildman–Crippen LogP) is 2.66. The highest BCUT2D eigenvalue weighted by molar-refractivity contribution is 7.16. The number of thiophene rings is 1. The first-order valence-corrected chi connectivity index (χ1v) is 7.35. The molecular weight excluding hydrogens is 280 g/mol. The molecule has 2 atom stereocenters. The Balaban J connectivity index is 2.15. The smallest absolute Gasteiger partial charge is 0.0931 e. The van der Waals surface area contributed by atoms with Crippen LogP contribution in [0.15, 0.2) is 24.5 Å². The quantitative estimate of drug-likeness (QED) is 0.923. The minimum absolute atomic E-state index is 0.0321. The molecule has 4 nitrogen and oxygen atoms in total. The van der Waals surface area contributed by atoms with Crippen molar-refractivity contribution in [1.82, 2.24) is 14.7 Å². The molecule has 0 saturated heterocycles. The maximum Gasteiger partial charge on any atom is 0.0931 e. The first kappa shape index (κ1) is 14.5. The highest BCUT2D eigenvalue weighted by Gasteiger charge is 2.23. The lowest BCUT2D eigenvalue weighted by molar-refractivity contribution is 0.212. The Morgan fingerprint density at radius 3 is 2.74 bits per heavy atom. The zero-order chi connectivity index (χ0) is 14.0. The summed E-state index contributed by atoms with van der Waals surface area (Å²) in [4.78, 5) is 3.48. The Kier molecular flexibility index (Phi) is 4.62. The second kappa shape index (κ2) is 6.05. The third kappa shape index (κ3) is 3.57. The third-order valence-electron chi connectivity index (χ3n) is 3.07. The van der Waals surface area contributed by atoms with Gasteiger partial charge in [0.15, 0.2) is 0 Å². The van der Waals surface area contributed by atoms with E-state index in [0.717, 1.165) is 16.4 Å². The van der Waals surface area contributed by atoms with Crippen LogP contribution in [0.3, 0.4) is 0 Å². The Hall–Kier alpha value is -0.880. The Labute approximate surface area is 122 Å². The van der Waals surface area contributed by atoms with E-state index in [-0.39, 0.29) is 12.1 Å². The van der Waals surface area contributed by atoms with E-state index in [0.29, 0.717) is 0 Å². The van der Waals surface area contributed by atoms with Gasteiger partial charge >= 0.3 is 0 Å². The number of aryl methyl sites for hydroxylation is 1. The fraction of sp³-hybridized carbons (Fsp3) is 0.462. The highest BCUT2D eigenvalue weighted by Crippen LogP contribution is 2.27. The number of hydrogen-bond acceptors (Lipinski definition) is 4. The molecule has 19 heavy (non-hydrogen) atoms. The molecule has 0 spiro atoms. The fourth-order valence-electron chi connectivity index (χ4n) is 2.33. The average Bonchev–Trinajstić information content (AvgIpc) is 2.88. The summed E-state index contributed by atoms with van der Waals surface area (Å²) in [5.41, 5.74) is 7.28. The number of aromatic nitrogens is 2. The summed E-state index contributed by atoms with van der Waals surface area (Å²) in [5, 5.41) is 4.23. The van der Waals surface area contributed by atoms with Gasteiger partial charge in [-0.05, 0) is 26.1 Å². The van der Waals surface area contributed by atoms with Gasteiger partial charge in [-0.2, -0.15) is 5.10 Å². The molecule has 0 fully saturated rings. The second-order valence-electron chi connectivity index (χ2n) is 4.87. The molecule has 2 aromatic heterocycles. The highest BCUT2D eigenvalue weighted by atomic mass is 35.5. The van der Waals surface area contributed by atoms with Crippen molar-refractivity contribution >= 4 is 22.9 Å². The summed E-state index contributed by atoms with van der Waals surface area (Å²) in [7, 11) is 4.00. The molecule has 2 heterocycles. The molecule has 0 radical (unpaired) electrons. The van der Waals surface area contributed by atoms with Gasteiger partial charge in [-0.1, -0.05) is 11.6 Å². The van der Waals surface area contributed by atoms with Crippen LogP contribution in [0.1, 0.15) is 23.4 Å². The molecule has 0 aliphatic rings. The molecule has 2 N–H and O–H groups in total. The zero-order valence-electron chi connectivity index (χ0n) is 11.4. The molecular formula is C13H19ClN4S. The SMILES string of the molecule is CC(N)C(c1cnn(C)c1)N(C)Cc1ccc(Cl)s1. The zero-order valence-corrected chi connectivity index (χ0v) is 12.9. The van der Waals surface area contributed by atoms with E-state index >= 15 is 0 Å². The monoisotopic (exact) mass is 298 g/mol. The summed E-state index contributed by atoms with van der Waals surface area (Å²) in [6.45, 7) is 2.86. The Morgan fingerprint density at radius 1 is 1.53 bits per heavy atom. The number of hydrogen-bond donors (Lipinski definition) is 1. The van der Waals surface area contributed by atoms with E-state index in [2.05, 4.69) is 23.1 Å². The first-order valence-electron chi connectivity index (χ1n) is 6.16. The van der Waals surface area contributed by atoms with E-state index in [1.165, 1.54) is 4.88 Å². The molecule has 2 aromatic rings. The Morgan fingerprint density at radius 2 is 2.26 bits per heavy atom. The van der Waals surface area contributed by atoms with Gasteiger partial charge in [0.1, 0.15) is 0 Å². The van der Waals surface area contributed by atoms with Crippen molar-refractivity contribution in [3.05, 3.63) is 39.3 Å². The van der Waals surface area contributed by atoms with E-state index in [1.54, 1.807) is 16.0 Å². The normalized spacial score (nSPS) is 14.8. The summed E-state index contributed by atoms with van der Waals surface area (Å²) in [6, 6.07) is 4.17. The maximum atomic E-state index is 6.14. The van der Waals surface area contributed by atoms with Gasteiger partial charge in [-0.3, -0.25) is 9.58 Å². The van der Waals surface area contributed by atoms with Gasteiger partial charge in [-0.25, -0.2) is 0 Å². The fourth-order valence-corrected chi connectivity index (χ4v) is 3.48. The van der Waals surface area contributed by atoms with E-state index < -0.39 is 0 Å². The minimum atomic E-state index is 0.0321. The second-order valence-corrected chi connectivity index (χ2v) is 6.67. The Bertz CT molecular complexity index is 534. The molecule has 0 aliphatic carbocycles. The summed E-state index contributed by atoms with van der Waals surface area (Å²) >= 11 is 7.58. The van der Waals surface area contributed by atoms with E-state index in [1.807, 2.05) is 32.4 Å². The van der Waals surface area contributed by atoms with Crippen molar-refractivity contribution in [2.75, 3.05) is 7.05 Å². The van der Waals surface area contributed by atoms with Gasteiger partial charge < -0.3 is 5.73 Å². The van der Waals surface area contributed by atoms with Gasteiger partial charge in [0, 0.05) is 36.3 Å². The van der Waals surface area contributed by atoms with Crippen molar-refractivity contribution in [3.63, 3.8) is 0 Å². The van der Waals surface area contributed by atoms with Crippen LogP contribution in [0.5, 0.6) is 0 Å². The van der Waals surface area contributed by atoms with Gasteiger partial charge in [0.25, 0.3) is 0 Å². The maximum absolute atomic E-state index is 6.14. The first-order chi connectivity index (χ1) is 8.97. The topological polar surface area (TPSA) is 47.1 Å². The number of nitrogens with zero attached hydrogens (tertiary/aromatic N) is 3. The average molecular weight is 299 g/mol. The number of halogens is 1. The van der Waals surface area contributed by atoms with Crippen LogP contribution < -0.4 is 5.73 Å². The molecule has 0 amide bonds. The van der Waals surface area contributed by atoms with Crippen molar-refractivity contribution in [3.8, 4) is 0 Å². The minimum Gasteiger partial charge on any atom is -0.326 e. The van der Waals surface area contributed by atoms with Crippen molar-refractivity contribution < 1.29 is 0 Å². The lowest BCUT2D eigenvalue weighted by atomic mass is 10.0. The molecule has 0 aliphatic heterocycles. The lowest BCUT2D eigenvalue weighted by Gasteiger charge is -2.30. The number of likely N-dealkylation sites (N-methyl/N-ethyl adjacent to an activating group) is 1. The molecule has 2 unspecified atom stereocenters. The predicted molar refractivity (Wildman–Crippen MR) is 80.4 cm³/mol. The van der Waals surface area contributed by atoms with Crippen LogP contribution in [0.4, 0.5) is 0 Å². The van der Waals surface area contributed by atoms with Crippen LogP contribution in [-0.2, 0) is 13.6 Å².